The van der Waals surface area contributed by atoms with Crippen molar-refractivity contribution in [2.75, 3.05) is 0 Å². The molecule has 0 unspecified atom stereocenters. The first kappa shape index (κ1) is 13.5. The van der Waals surface area contributed by atoms with Gasteiger partial charge in [0.1, 0.15) is 0 Å². The van der Waals surface area contributed by atoms with Gasteiger partial charge in [0.25, 0.3) is 0 Å². The van der Waals surface area contributed by atoms with Gasteiger partial charge in [-0.15, -0.1) is 0 Å². The number of hydrogen-bond donors (Lipinski definition) is 1. The van der Waals surface area contributed by atoms with Gasteiger partial charge in [-0.2, -0.15) is 0 Å². The number of hydrogen-bond acceptors (Lipinski definition) is 3. The molecule has 0 spiro atoms. The monoisotopic (exact) mass is 213 g/mol. The molecule has 0 aliphatic rings. The molecule has 80 valence electrons. The maximum atomic E-state index is 5.00. The Morgan fingerprint density at radius 1 is 1.07 bits per heavy atom. The van der Waals surface area contributed by atoms with Crippen LogP contribution in [0.15, 0.2) is 17.0 Å². The van der Waals surface area contributed by atoms with Crippen LogP contribution in [-0.4, -0.2) is 0 Å². The van der Waals surface area contributed by atoms with Crippen LogP contribution in [0.3, 0.4) is 0 Å². The Hall–Kier alpha value is -0.510. The Balaban J connectivity index is 0.000000791. The first-order valence-corrected chi connectivity index (χ1v) is 5.50. The van der Waals surface area contributed by atoms with Crippen LogP contribution in [0, 0.1) is 20.8 Å². The molecule has 0 aromatic heterocycles. The molecule has 2 N–H and O–H groups in total. The summed E-state index contributed by atoms with van der Waals surface area (Å²) in [4.78, 5) is 1.11. The van der Waals surface area contributed by atoms with E-state index in [2.05, 4.69) is 37.2 Å². The van der Waals surface area contributed by atoms with Crippen molar-refractivity contribution in [2.24, 2.45) is 5.90 Å². The largest absolute Gasteiger partial charge is 0.229 e. The molecule has 0 aliphatic heterocycles. The zero-order valence-electron chi connectivity index (χ0n) is 9.55. The number of aryl methyl sites for hydroxylation is 3. The highest BCUT2D eigenvalue weighted by atomic mass is 32.2. The highest BCUT2D eigenvalue weighted by molar-refractivity contribution is 7.94. The number of benzene rings is 1. The second-order valence-corrected chi connectivity index (χ2v) is 3.67. The SMILES string of the molecule is CC.Cc1cc(C)c(SON)c(C)c1. The van der Waals surface area contributed by atoms with E-state index < -0.39 is 0 Å². The average Bonchev–Trinajstić information content (AvgIpc) is 2.14. The molecule has 0 amide bonds. The molecule has 0 radical (unpaired) electrons. The van der Waals surface area contributed by atoms with Crippen LogP contribution in [0.1, 0.15) is 30.5 Å². The Morgan fingerprint density at radius 2 is 1.50 bits per heavy atom. The van der Waals surface area contributed by atoms with Crippen LogP contribution < -0.4 is 5.90 Å². The van der Waals surface area contributed by atoms with E-state index in [4.69, 9.17) is 5.90 Å². The molecule has 0 saturated heterocycles. The fourth-order valence-electron chi connectivity index (χ4n) is 1.35. The fraction of sp³-hybridized carbons (Fsp3) is 0.455. The van der Waals surface area contributed by atoms with Gasteiger partial charge < -0.3 is 0 Å². The van der Waals surface area contributed by atoms with E-state index in [9.17, 15) is 0 Å². The number of nitrogens with two attached hydrogens (primary N) is 1. The molecule has 3 heteroatoms. The summed E-state index contributed by atoms with van der Waals surface area (Å²) in [5.41, 5.74) is 3.69. The van der Waals surface area contributed by atoms with Crippen molar-refractivity contribution in [1.82, 2.24) is 0 Å². The van der Waals surface area contributed by atoms with E-state index >= 15 is 0 Å². The standard InChI is InChI=1S/C9H13NOS.C2H6/c1-6-4-7(2)9(12-11-10)8(3)5-6;1-2/h4-5H,10H2,1-3H3;1-2H3. The quantitative estimate of drug-likeness (QED) is 0.603. The Labute approximate surface area is 91.0 Å². The van der Waals surface area contributed by atoms with Crippen LogP contribution in [0.25, 0.3) is 0 Å². The lowest BCUT2D eigenvalue weighted by Gasteiger charge is -2.07. The molecule has 2 nitrogen and oxygen atoms in total. The first-order valence-electron chi connectivity index (χ1n) is 4.76. The maximum absolute atomic E-state index is 5.00. The van der Waals surface area contributed by atoms with Crippen molar-refractivity contribution in [2.45, 2.75) is 39.5 Å². The van der Waals surface area contributed by atoms with E-state index in [1.165, 1.54) is 28.7 Å². The maximum Gasteiger partial charge on any atom is 0.0527 e. The van der Waals surface area contributed by atoms with E-state index in [1.807, 2.05) is 13.8 Å². The van der Waals surface area contributed by atoms with Crippen molar-refractivity contribution >= 4 is 12.0 Å². The lowest BCUT2D eigenvalue weighted by Crippen LogP contribution is -1.92. The van der Waals surface area contributed by atoms with Gasteiger partial charge in [-0.25, -0.2) is 10.2 Å². The lowest BCUT2D eigenvalue weighted by molar-refractivity contribution is 0.398. The summed E-state index contributed by atoms with van der Waals surface area (Å²) in [6.07, 6.45) is 0. The summed E-state index contributed by atoms with van der Waals surface area (Å²) in [6, 6.07) is 4.24. The molecule has 1 rings (SSSR count). The molecule has 1 aromatic carbocycles. The summed E-state index contributed by atoms with van der Waals surface area (Å²) < 4.78 is 4.55. The van der Waals surface area contributed by atoms with Crippen molar-refractivity contribution in [3.63, 3.8) is 0 Å². The minimum atomic E-state index is 1.11. The molecular weight excluding hydrogens is 194 g/mol. The molecule has 0 fully saturated rings. The lowest BCUT2D eigenvalue weighted by atomic mass is 10.1. The van der Waals surface area contributed by atoms with E-state index in [0.717, 1.165) is 4.90 Å². The molecule has 14 heavy (non-hydrogen) atoms. The smallest absolute Gasteiger partial charge is 0.0527 e. The Morgan fingerprint density at radius 3 is 1.86 bits per heavy atom. The van der Waals surface area contributed by atoms with Gasteiger partial charge in [0.2, 0.25) is 0 Å². The third-order valence-electron chi connectivity index (χ3n) is 1.74. The minimum Gasteiger partial charge on any atom is -0.229 e. The van der Waals surface area contributed by atoms with Crippen LogP contribution in [0.4, 0.5) is 0 Å². The summed E-state index contributed by atoms with van der Waals surface area (Å²) >= 11 is 1.21. The van der Waals surface area contributed by atoms with Crippen molar-refractivity contribution < 1.29 is 4.28 Å². The van der Waals surface area contributed by atoms with Crippen molar-refractivity contribution in [3.05, 3.63) is 28.8 Å². The topological polar surface area (TPSA) is 35.2 Å². The van der Waals surface area contributed by atoms with Gasteiger partial charge in [-0.05, 0) is 31.9 Å². The molecule has 0 bridgehead atoms. The van der Waals surface area contributed by atoms with Gasteiger partial charge in [0, 0.05) is 4.90 Å². The summed E-state index contributed by atoms with van der Waals surface area (Å²) in [5, 5.41) is 0. The molecule has 1 aromatic rings. The molecule has 0 heterocycles. The summed E-state index contributed by atoms with van der Waals surface area (Å²) in [7, 11) is 0. The van der Waals surface area contributed by atoms with Gasteiger partial charge in [-0.3, -0.25) is 0 Å². The minimum absolute atomic E-state index is 1.11. The van der Waals surface area contributed by atoms with Crippen molar-refractivity contribution in [1.29, 1.82) is 0 Å². The van der Waals surface area contributed by atoms with Crippen LogP contribution in [0.5, 0.6) is 0 Å². The van der Waals surface area contributed by atoms with Gasteiger partial charge in [0.05, 0.1) is 12.0 Å². The van der Waals surface area contributed by atoms with Gasteiger partial charge in [0.15, 0.2) is 0 Å². The molecule has 0 aliphatic carbocycles. The van der Waals surface area contributed by atoms with E-state index in [1.54, 1.807) is 0 Å². The fourth-order valence-corrected chi connectivity index (χ4v) is 1.82. The predicted octanol–water partition coefficient (Wildman–Crippen LogP) is 3.54. The second kappa shape index (κ2) is 6.87. The predicted molar refractivity (Wildman–Crippen MR) is 63.1 cm³/mol. The Bertz CT molecular complexity index is 264. The zero-order valence-corrected chi connectivity index (χ0v) is 10.4. The summed E-state index contributed by atoms with van der Waals surface area (Å²) in [6.45, 7) is 10.2. The van der Waals surface area contributed by atoms with Crippen LogP contribution >= 0.6 is 12.0 Å². The summed E-state index contributed by atoms with van der Waals surface area (Å²) in [5.74, 6) is 5.00. The molecular formula is C11H19NOS. The molecule has 0 atom stereocenters. The zero-order chi connectivity index (χ0) is 11.1. The Kier molecular flexibility index (Phi) is 6.62. The number of rotatable bonds is 2. The van der Waals surface area contributed by atoms with Crippen LogP contribution in [-0.2, 0) is 4.28 Å². The highest BCUT2D eigenvalue weighted by Gasteiger charge is 2.03. The highest BCUT2D eigenvalue weighted by Crippen LogP contribution is 2.26. The normalized spacial score (nSPS) is 9.29. The van der Waals surface area contributed by atoms with E-state index in [-0.39, 0.29) is 0 Å². The molecule has 0 saturated carbocycles. The third-order valence-corrected chi connectivity index (χ3v) is 2.64. The van der Waals surface area contributed by atoms with Gasteiger partial charge >= 0.3 is 0 Å². The second-order valence-electron chi connectivity index (χ2n) is 2.91. The van der Waals surface area contributed by atoms with Crippen LogP contribution in [0.2, 0.25) is 0 Å². The average molecular weight is 213 g/mol. The van der Waals surface area contributed by atoms with Crippen molar-refractivity contribution in [3.8, 4) is 0 Å². The van der Waals surface area contributed by atoms with E-state index in [0.29, 0.717) is 0 Å². The first-order chi connectivity index (χ1) is 6.65. The third kappa shape index (κ3) is 3.70. The van der Waals surface area contributed by atoms with Gasteiger partial charge in [-0.1, -0.05) is 31.5 Å².